The van der Waals surface area contributed by atoms with Crippen LogP contribution in [0.2, 0.25) is 0 Å². The molecule has 0 heterocycles. The molecule has 0 aliphatic carbocycles. The minimum atomic E-state index is -3.59. The number of alkyl carbamates (subject to hydrolysis) is 2. The first-order valence-electron chi connectivity index (χ1n) is 16.1. The van der Waals surface area contributed by atoms with Crippen LogP contribution in [0.15, 0.2) is 59.5 Å². The standard InChI is InChI=1S/C35H51N3O7S/c1-27-20-22-30(23-21-27)46(42,43)26-29(36)17-12-13-18-31(38-34(41)45-35(2,3)4)32(39)19-11-6-5-7-14-24-37-33(40)44-25-28-15-9-8-10-16-28/h8-10,15-16,20-23,31,36H,5-7,11-14,17-19,24-26H2,1-4H3,(H,37,40)(H,38,41). The van der Waals surface area contributed by atoms with Crippen LogP contribution < -0.4 is 10.6 Å². The summed E-state index contributed by atoms with van der Waals surface area (Å²) in [5, 5.41) is 13.7. The molecular weight excluding hydrogens is 606 g/mol. The maximum atomic E-state index is 13.1. The molecule has 2 rings (SSSR count). The maximum absolute atomic E-state index is 13.1. The lowest BCUT2D eigenvalue weighted by molar-refractivity contribution is -0.121. The van der Waals surface area contributed by atoms with Gasteiger partial charge in [-0.1, -0.05) is 73.7 Å². The van der Waals surface area contributed by atoms with E-state index in [1.165, 1.54) is 0 Å². The van der Waals surface area contributed by atoms with Gasteiger partial charge in [-0.25, -0.2) is 18.0 Å². The molecule has 0 radical (unpaired) electrons. The van der Waals surface area contributed by atoms with Crippen LogP contribution in [-0.4, -0.2) is 56.0 Å². The monoisotopic (exact) mass is 657 g/mol. The number of Topliss-reactive ketones (excluding diaryl/α,β-unsaturated/α-hetero) is 1. The predicted molar refractivity (Wildman–Crippen MR) is 180 cm³/mol. The fourth-order valence-electron chi connectivity index (χ4n) is 4.67. The largest absolute Gasteiger partial charge is 0.445 e. The van der Waals surface area contributed by atoms with E-state index in [1.54, 1.807) is 45.0 Å². The van der Waals surface area contributed by atoms with E-state index in [0.29, 0.717) is 38.6 Å². The lowest BCUT2D eigenvalue weighted by atomic mass is 9.99. The fraction of sp³-hybridized carbons (Fsp3) is 0.543. The third-order valence-corrected chi connectivity index (χ3v) is 8.85. The van der Waals surface area contributed by atoms with E-state index in [0.717, 1.165) is 36.8 Å². The summed E-state index contributed by atoms with van der Waals surface area (Å²) < 4.78 is 35.9. The van der Waals surface area contributed by atoms with E-state index in [4.69, 9.17) is 14.9 Å². The van der Waals surface area contributed by atoms with Gasteiger partial charge in [-0.15, -0.1) is 0 Å². The number of ketones is 1. The number of ether oxygens (including phenoxy) is 2. The van der Waals surface area contributed by atoms with Crippen molar-refractivity contribution in [2.75, 3.05) is 12.3 Å². The van der Waals surface area contributed by atoms with E-state index in [2.05, 4.69) is 10.6 Å². The second-order valence-electron chi connectivity index (χ2n) is 12.6. The molecule has 46 heavy (non-hydrogen) atoms. The molecule has 10 nitrogen and oxygen atoms in total. The molecule has 1 atom stereocenters. The number of carbonyl (C=O) groups excluding carboxylic acids is 3. The number of rotatable bonds is 20. The summed E-state index contributed by atoms with van der Waals surface area (Å²) in [5.41, 5.74) is 1.30. The van der Waals surface area contributed by atoms with Crippen molar-refractivity contribution < 1.29 is 32.3 Å². The lowest BCUT2D eigenvalue weighted by Crippen LogP contribution is -2.43. The van der Waals surface area contributed by atoms with Gasteiger partial charge in [-0.2, -0.15) is 0 Å². The van der Waals surface area contributed by atoms with Crippen molar-refractivity contribution in [2.45, 2.75) is 115 Å². The Hall–Kier alpha value is -3.73. The van der Waals surface area contributed by atoms with Crippen LogP contribution in [0, 0.1) is 12.3 Å². The number of unbranched alkanes of at least 4 members (excludes halogenated alkanes) is 5. The fourth-order valence-corrected chi connectivity index (χ4v) is 5.99. The molecule has 2 aromatic carbocycles. The molecular formula is C35H51N3O7S. The molecule has 0 bridgehead atoms. The number of amides is 2. The van der Waals surface area contributed by atoms with Crippen molar-refractivity contribution in [3.8, 4) is 0 Å². The van der Waals surface area contributed by atoms with Crippen molar-refractivity contribution in [2.24, 2.45) is 0 Å². The zero-order valence-electron chi connectivity index (χ0n) is 27.7. The van der Waals surface area contributed by atoms with Crippen LogP contribution in [0.3, 0.4) is 0 Å². The van der Waals surface area contributed by atoms with Crippen molar-refractivity contribution in [1.82, 2.24) is 10.6 Å². The highest BCUT2D eigenvalue weighted by Crippen LogP contribution is 2.16. The summed E-state index contributed by atoms with van der Waals surface area (Å²) in [6.07, 6.45) is 5.09. The molecule has 0 aliphatic rings. The molecule has 0 saturated carbocycles. The van der Waals surface area contributed by atoms with Crippen molar-refractivity contribution in [3.63, 3.8) is 0 Å². The van der Waals surface area contributed by atoms with Gasteiger partial charge in [0.2, 0.25) is 0 Å². The number of hydrogen-bond donors (Lipinski definition) is 3. The highest BCUT2D eigenvalue weighted by atomic mass is 32.2. The maximum Gasteiger partial charge on any atom is 0.408 e. The number of sulfone groups is 1. The Labute approximate surface area is 274 Å². The van der Waals surface area contributed by atoms with Gasteiger partial charge in [0.1, 0.15) is 12.2 Å². The summed E-state index contributed by atoms with van der Waals surface area (Å²) in [6.45, 7) is 7.89. The first-order valence-corrected chi connectivity index (χ1v) is 17.7. The quantitative estimate of drug-likeness (QED) is 0.102. The minimum Gasteiger partial charge on any atom is -0.445 e. The van der Waals surface area contributed by atoms with Crippen LogP contribution in [0.5, 0.6) is 0 Å². The molecule has 0 fully saturated rings. The highest BCUT2D eigenvalue weighted by Gasteiger charge is 2.24. The van der Waals surface area contributed by atoms with Gasteiger partial charge in [0.25, 0.3) is 0 Å². The average Bonchev–Trinajstić information content (AvgIpc) is 2.98. The summed E-state index contributed by atoms with van der Waals surface area (Å²) >= 11 is 0. The highest BCUT2D eigenvalue weighted by molar-refractivity contribution is 7.92. The molecule has 2 amide bonds. The summed E-state index contributed by atoms with van der Waals surface area (Å²) in [5.74, 6) is -0.422. The Balaban J connectivity index is 1.69. The van der Waals surface area contributed by atoms with Gasteiger partial charge < -0.3 is 25.5 Å². The van der Waals surface area contributed by atoms with E-state index < -0.39 is 33.7 Å². The van der Waals surface area contributed by atoms with Crippen molar-refractivity contribution >= 4 is 33.5 Å². The van der Waals surface area contributed by atoms with Gasteiger partial charge in [0, 0.05) is 18.7 Å². The second-order valence-corrected chi connectivity index (χ2v) is 14.6. The number of benzene rings is 2. The third kappa shape index (κ3) is 16.5. The summed E-state index contributed by atoms with van der Waals surface area (Å²) in [4.78, 5) is 37.5. The van der Waals surface area contributed by atoms with Gasteiger partial charge in [0.15, 0.2) is 15.6 Å². The van der Waals surface area contributed by atoms with E-state index in [9.17, 15) is 22.8 Å². The smallest absolute Gasteiger partial charge is 0.408 e. The second kappa shape index (κ2) is 19.7. The topological polar surface area (TPSA) is 152 Å². The van der Waals surface area contributed by atoms with E-state index in [1.807, 2.05) is 37.3 Å². The molecule has 0 saturated heterocycles. The van der Waals surface area contributed by atoms with Crippen LogP contribution in [0.25, 0.3) is 0 Å². The molecule has 254 valence electrons. The summed E-state index contributed by atoms with van der Waals surface area (Å²) in [7, 11) is -3.59. The third-order valence-electron chi connectivity index (χ3n) is 7.13. The molecule has 0 spiro atoms. The van der Waals surface area contributed by atoms with Gasteiger partial charge in [0.05, 0.1) is 16.7 Å². The predicted octanol–water partition coefficient (Wildman–Crippen LogP) is 7.08. The number of carbonyl (C=O) groups is 3. The molecule has 0 aliphatic heterocycles. The van der Waals surface area contributed by atoms with Crippen LogP contribution >= 0.6 is 0 Å². The Bertz CT molecular complexity index is 1350. The van der Waals surface area contributed by atoms with Gasteiger partial charge in [-0.3, -0.25) is 4.79 Å². The zero-order valence-corrected chi connectivity index (χ0v) is 28.5. The lowest BCUT2D eigenvalue weighted by Gasteiger charge is -2.23. The van der Waals surface area contributed by atoms with Gasteiger partial charge >= 0.3 is 12.2 Å². The number of nitrogens with one attached hydrogen (secondary N) is 3. The van der Waals surface area contributed by atoms with E-state index in [-0.39, 0.29) is 35.2 Å². The van der Waals surface area contributed by atoms with Crippen LogP contribution in [-0.2, 0) is 30.7 Å². The molecule has 3 N–H and O–H groups in total. The molecule has 11 heteroatoms. The SMILES string of the molecule is Cc1ccc(S(=O)(=O)CC(=N)CCCCC(NC(=O)OC(C)(C)C)C(=O)CCCCCCCNC(=O)OCc2ccccc2)cc1. The Morgan fingerprint density at radius 2 is 1.46 bits per heavy atom. The molecule has 1 unspecified atom stereocenters. The normalized spacial score (nSPS) is 12.2. The molecule has 2 aromatic rings. The van der Waals surface area contributed by atoms with Crippen molar-refractivity contribution in [1.29, 1.82) is 5.41 Å². The first-order chi connectivity index (χ1) is 21.7. The first kappa shape index (κ1) is 38.5. The van der Waals surface area contributed by atoms with E-state index >= 15 is 0 Å². The zero-order chi connectivity index (χ0) is 34.0. The van der Waals surface area contributed by atoms with Crippen LogP contribution in [0.4, 0.5) is 9.59 Å². The summed E-state index contributed by atoms with van der Waals surface area (Å²) in [6, 6.07) is 15.3. The number of hydrogen-bond acceptors (Lipinski definition) is 8. The Morgan fingerprint density at radius 3 is 2.13 bits per heavy atom. The Morgan fingerprint density at radius 1 is 0.826 bits per heavy atom. The number of aryl methyl sites for hydroxylation is 1. The molecule has 0 aromatic heterocycles. The minimum absolute atomic E-state index is 0.0780. The Kier molecular flexibility index (Phi) is 16.5. The average molecular weight is 658 g/mol. The van der Waals surface area contributed by atoms with Gasteiger partial charge in [-0.05, 0) is 77.5 Å². The van der Waals surface area contributed by atoms with Crippen molar-refractivity contribution in [3.05, 3.63) is 65.7 Å². The van der Waals surface area contributed by atoms with Crippen LogP contribution in [0.1, 0.15) is 96.1 Å².